The van der Waals surface area contributed by atoms with Crippen LogP contribution in [0.2, 0.25) is 0 Å². The van der Waals surface area contributed by atoms with E-state index in [4.69, 9.17) is 0 Å². The van der Waals surface area contributed by atoms with E-state index in [1.54, 1.807) is 0 Å². The first kappa shape index (κ1) is 38.5. The molecular weight excluding hydrogens is 785 g/mol. The molecule has 308 valence electrons. The van der Waals surface area contributed by atoms with Gasteiger partial charge < -0.3 is 9.80 Å². The third-order valence-electron chi connectivity index (χ3n) is 13.3. The molecule has 0 heterocycles. The summed E-state index contributed by atoms with van der Waals surface area (Å²) >= 11 is 0. The van der Waals surface area contributed by atoms with Crippen LogP contribution in [0.15, 0.2) is 212 Å². The first-order valence-corrected chi connectivity index (χ1v) is 22.6. The molecule has 12 aromatic carbocycles. The monoisotopic (exact) mass is 830 g/mol. The van der Waals surface area contributed by atoms with Crippen LogP contribution >= 0.6 is 0 Å². The van der Waals surface area contributed by atoms with Crippen LogP contribution < -0.4 is 9.80 Å². The minimum Gasteiger partial charge on any atom is -0.309 e. The molecule has 0 amide bonds. The Balaban J connectivity index is 1.17. The highest BCUT2D eigenvalue weighted by Gasteiger charge is 2.27. The van der Waals surface area contributed by atoms with Crippen molar-refractivity contribution in [1.29, 1.82) is 0 Å². The number of nitrogens with zero attached hydrogens (tertiary/aromatic N) is 2. The van der Waals surface area contributed by atoms with E-state index >= 15 is 0 Å². The first-order chi connectivity index (χ1) is 32.0. The van der Waals surface area contributed by atoms with E-state index < -0.39 is 0 Å². The maximum atomic E-state index is 2.48. The third kappa shape index (κ3) is 6.40. The van der Waals surface area contributed by atoms with Gasteiger partial charge in [0.1, 0.15) is 0 Å². The fourth-order valence-corrected chi connectivity index (χ4v) is 10.2. The van der Waals surface area contributed by atoms with Crippen molar-refractivity contribution in [2.24, 2.45) is 0 Å². The topological polar surface area (TPSA) is 6.48 Å². The molecule has 0 saturated carbocycles. The molecular formula is C63H46N2. The summed E-state index contributed by atoms with van der Waals surface area (Å²) in [5, 5.41) is 15.0. The van der Waals surface area contributed by atoms with Crippen LogP contribution in [-0.2, 0) is 0 Å². The highest BCUT2D eigenvalue weighted by Crippen LogP contribution is 2.54. The zero-order chi connectivity index (χ0) is 43.6. The van der Waals surface area contributed by atoms with Crippen LogP contribution in [0.4, 0.5) is 34.1 Å². The zero-order valence-corrected chi connectivity index (χ0v) is 36.8. The van der Waals surface area contributed by atoms with Crippen LogP contribution in [0, 0.1) is 20.8 Å². The number of hydrogen-bond donors (Lipinski definition) is 0. The Morgan fingerprint density at radius 3 is 0.969 bits per heavy atom. The summed E-state index contributed by atoms with van der Waals surface area (Å²) in [6.07, 6.45) is 4.40. The quantitative estimate of drug-likeness (QED) is 0.0855. The molecule has 0 N–H and O–H groups in total. The fourth-order valence-electron chi connectivity index (χ4n) is 10.2. The standard InChI is InChI=1S/C63H46N2/c1-41-23-29-44(30-24-41)31-32-45-33-39-49(40-34-45)65(48-37-27-43(3)28-38-48)63-55-18-10-8-16-53(55)61-59-51(20-12-22-57(59)63)50-19-11-21-56-58(50)60(61)52-15-7-9-17-54(52)62(56)64(46-13-5-4-6-14-46)47-35-25-42(2)26-36-47/h4-40H,1-3H3/b32-31+. The molecule has 0 spiro atoms. The molecule has 0 saturated heterocycles. The largest absolute Gasteiger partial charge is 0.309 e. The number of anilines is 6. The highest BCUT2D eigenvalue weighted by molar-refractivity contribution is 6.46. The Morgan fingerprint density at radius 2 is 0.538 bits per heavy atom. The molecule has 0 atom stereocenters. The summed E-state index contributed by atoms with van der Waals surface area (Å²) in [5.41, 5.74) is 12.9. The van der Waals surface area contributed by atoms with Crippen LogP contribution in [0.25, 0.3) is 76.8 Å². The molecule has 0 radical (unpaired) electrons. The number of aryl methyl sites for hydroxylation is 3. The van der Waals surface area contributed by atoms with Gasteiger partial charge in [0, 0.05) is 55.1 Å². The second-order valence-corrected chi connectivity index (χ2v) is 17.5. The van der Waals surface area contributed by atoms with E-state index in [1.165, 1.54) is 98.3 Å². The van der Waals surface area contributed by atoms with E-state index in [1.807, 2.05) is 0 Å². The minimum atomic E-state index is 1.11. The van der Waals surface area contributed by atoms with Crippen LogP contribution in [0.5, 0.6) is 0 Å². The van der Waals surface area contributed by atoms with E-state index in [0.717, 1.165) is 28.3 Å². The molecule has 0 aliphatic carbocycles. The molecule has 0 aliphatic rings. The summed E-state index contributed by atoms with van der Waals surface area (Å²) in [5.74, 6) is 0. The van der Waals surface area contributed by atoms with Crippen LogP contribution in [0.3, 0.4) is 0 Å². The van der Waals surface area contributed by atoms with Gasteiger partial charge in [0.25, 0.3) is 0 Å². The Morgan fingerprint density at radius 1 is 0.246 bits per heavy atom. The normalized spacial score (nSPS) is 11.9. The van der Waals surface area contributed by atoms with Gasteiger partial charge in [0.15, 0.2) is 0 Å². The van der Waals surface area contributed by atoms with Crippen molar-refractivity contribution in [3.63, 3.8) is 0 Å². The van der Waals surface area contributed by atoms with Crippen molar-refractivity contribution in [1.82, 2.24) is 0 Å². The summed E-state index contributed by atoms with van der Waals surface area (Å²) in [6.45, 7) is 6.45. The maximum absolute atomic E-state index is 2.48. The van der Waals surface area contributed by atoms with Gasteiger partial charge in [0.2, 0.25) is 0 Å². The lowest BCUT2D eigenvalue weighted by molar-refractivity contribution is 1.30. The Bertz CT molecular complexity index is 3750. The highest BCUT2D eigenvalue weighted by atomic mass is 15.2. The fraction of sp³-hybridized carbons (Fsp3) is 0.0476. The van der Waals surface area contributed by atoms with Gasteiger partial charge in [-0.3, -0.25) is 0 Å². The van der Waals surface area contributed by atoms with Gasteiger partial charge >= 0.3 is 0 Å². The molecule has 0 aromatic heterocycles. The van der Waals surface area contributed by atoms with E-state index in [0.29, 0.717) is 0 Å². The lowest BCUT2D eigenvalue weighted by atomic mass is 9.83. The molecule has 0 aliphatic heterocycles. The van der Waals surface area contributed by atoms with Gasteiger partial charge in [-0.25, -0.2) is 0 Å². The summed E-state index contributed by atoms with van der Waals surface area (Å²) < 4.78 is 0. The van der Waals surface area contributed by atoms with Gasteiger partial charge in [-0.2, -0.15) is 0 Å². The smallest absolute Gasteiger partial charge is 0.0619 e. The van der Waals surface area contributed by atoms with Crippen LogP contribution in [-0.4, -0.2) is 0 Å². The number of hydrogen-bond acceptors (Lipinski definition) is 2. The predicted octanol–water partition coefficient (Wildman–Crippen LogP) is 18.1. The second kappa shape index (κ2) is 15.6. The molecule has 0 fully saturated rings. The van der Waals surface area contributed by atoms with Crippen molar-refractivity contribution in [2.45, 2.75) is 20.8 Å². The molecule has 12 rings (SSSR count). The Hall–Kier alpha value is -8.20. The summed E-state index contributed by atoms with van der Waals surface area (Å²) in [6, 6.07) is 78.6. The average molecular weight is 831 g/mol. The number of rotatable bonds is 8. The Kier molecular flexibility index (Phi) is 9.21. The molecule has 0 unspecified atom stereocenters. The van der Waals surface area contributed by atoms with Crippen molar-refractivity contribution >= 4 is 111 Å². The van der Waals surface area contributed by atoms with Gasteiger partial charge in [-0.05, 0) is 113 Å². The third-order valence-corrected chi connectivity index (χ3v) is 13.3. The van der Waals surface area contributed by atoms with Crippen molar-refractivity contribution < 1.29 is 0 Å². The van der Waals surface area contributed by atoms with Gasteiger partial charge in [0.05, 0.1) is 11.4 Å². The molecule has 65 heavy (non-hydrogen) atoms. The van der Waals surface area contributed by atoms with E-state index in [9.17, 15) is 0 Å². The van der Waals surface area contributed by atoms with Crippen LogP contribution in [0.1, 0.15) is 27.8 Å². The average Bonchev–Trinajstić information content (AvgIpc) is 3.35. The van der Waals surface area contributed by atoms with Gasteiger partial charge in [-0.1, -0.05) is 193 Å². The second-order valence-electron chi connectivity index (χ2n) is 17.5. The molecule has 2 heteroatoms. The van der Waals surface area contributed by atoms with Crippen molar-refractivity contribution in [2.75, 3.05) is 9.80 Å². The molecule has 12 aromatic rings. The molecule has 0 bridgehead atoms. The lowest BCUT2D eigenvalue weighted by Crippen LogP contribution is -2.12. The number of para-hydroxylation sites is 1. The zero-order valence-electron chi connectivity index (χ0n) is 36.8. The predicted molar refractivity (Wildman–Crippen MR) is 282 cm³/mol. The van der Waals surface area contributed by atoms with Crippen molar-refractivity contribution in [3.05, 3.63) is 240 Å². The number of fused-ring (bicyclic) bond motifs is 6. The minimum absolute atomic E-state index is 1.11. The Labute approximate surface area is 379 Å². The van der Waals surface area contributed by atoms with E-state index in [-0.39, 0.29) is 0 Å². The lowest BCUT2D eigenvalue weighted by Gasteiger charge is -2.31. The number of benzene rings is 12. The summed E-state index contributed by atoms with van der Waals surface area (Å²) in [4.78, 5) is 4.94. The van der Waals surface area contributed by atoms with Crippen molar-refractivity contribution in [3.8, 4) is 0 Å². The first-order valence-electron chi connectivity index (χ1n) is 22.6. The summed E-state index contributed by atoms with van der Waals surface area (Å²) in [7, 11) is 0. The molecule has 2 nitrogen and oxygen atoms in total. The van der Waals surface area contributed by atoms with Gasteiger partial charge in [-0.15, -0.1) is 0 Å². The SMILES string of the molecule is Cc1ccc(/C=C/c2ccc(N(c3ccc(C)cc3)c3c4ccccc4c4c5c3cccc5c3cccc5c(N(c6ccccc6)c6ccc(C)cc6)c6ccccc6c4c53)cc2)cc1. The maximum Gasteiger partial charge on any atom is 0.0619 e. The van der Waals surface area contributed by atoms with E-state index in [2.05, 4.69) is 255 Å².